The van der Waals surface area contributed by atoms with Crippen LogP contribution in [-0.4, -0.2) is 42.1 Å². The van der Waals surface area contributed by atoms with Crippen molar-refractivity contribution in [2.24, 2.45) is 0 Å². The monoisotopic (exact) mass is 443 g/mol. The fourth-order valence-corrected chi connectivity index (χ4v) is 5.11. The molecule has 2 aromatic carbocycles. The maximum absolute atomic E-state index is 12.8. The lowest BCUT2D eigenvalue weighted by Gasteiger charge is -2.29. The molecule has 2 aromatic rings. The number of imide groups is 1. The number of fused-ring (bicyclic) bond motifs is 1. The van der Waals surface area contributed by atoms with Crippen molar-refractivity contribution in [3.05, 3.63) is 65.2 Å². The van der Waals surface area contributed by atoms with Crippen molar-refractivity contribution in [2.45, 2.75) is 24.6 Å². The molecule has 4 rings (SSSR count). The number of carbonyl (C=O) groups excluding carboxylic acids is 3. The largest absolute Gasteiger partial charge is 0.295 e. The van der Waals surface area contributed by atoms with Crippen molar-refractivity contribution >= 4 is 50.6 Å². The first-order valence-corrected chi connectivity index (χ1v) is 11.2. The van der Waals surface area contributed by atoms with Gasteiger partial charge < -0.3 is 0 Å². The van der Waals surface area contributed by atoms with Gasteiger partial charge in [0.1, 0.15) is 11.0 Å². The number of hydrogen-bond donors (Lipinski definition) is 2. The number of piperidine rings is 1. The molecular weight excluding hydrogens is 426 g/mol. The van der Waals surface area contributed by atoms with E-state index in [1.807, 2.05) is 0 Å². The van der Waals surface area contributed by atoms with Crippen LogP contribution in [0.1, 0.15) is 34.3 Å². The van der Waals surface area contributed by atoms with Crippen molar-refractivity contribution < 1.29 is 22.8 Å². The SMILES string of the molecule is O=C1CCC(N2C(=O)c3ccc(NS(=O)(=O)Cc4ccccc4)cc3C2=S)C(=O)N1. The number of anilines is 1. The van der Waals surface area contributed by atoms with Crippen LogP contribution in [0.2, 0.25) is 0 Å². The van der Waals surface area contributed by atoms with E-state index in [0.29, 0.717) is 11.1 Å². The molecule has 2 aliphatic rings. The summed E-state index contributed by atoms with van der Waals surface area (Å²) in [5.74, 6) is -1.60. The average molecular weight is 444 g/mol. The highest BCUT2D eigenvalue weighted by Gasteiger charge is 2.42. The zero-order chi connectivity index (χ0) is 21.5. The van der Waals surface area contributed by atoms with E-state index in [9.17, 15) is 22.8 Å². The second kappa shape index (κ2) is 7.62. The van der Waals surface area contributed by atoms with E-state index in [2.05, 4.69) is 10.0 Å². The quantitative estimate of drug-likeness (QED) is 0.536. The summed E-state index contributed by atoms with van der Waals surface area (Å²) in [7, 11) is -3.68. The minimum atomic E-state index is -3.68. The van der Waals surface area contributed by atoms with Gasteiger partial charge in [-0.3, -0.25) is 29.3 Å². The first-order chi connectivity index (χ1) is 14.2. The van der Waals surface area contributed by atoms with Crippen LogP contribution >= 0.6 is 12.2 Å². The summed E-state index contributed by atoms with van der Waals surface area (Å²) in [5.41, 5.74) is 1.57. The Kier molecular flexibility index (Phi) is 5.12. The third-order valence-corrected chi connectivity index (χ3v) is 6.59. The minimum Gasteiger partial charge on any atom is -0.295 e. The Morgan fingerprint density at radius 2 is 1.80 bits per heavy atom. The molecule has 8 nitrogen and oxygen atoms in total. The molecule has 1 unspecified atom stereocenters. The molecule has 0 saturated carbocycles. The van der Waals surface area contributed by atoms with E-state index in [1.165, 1.54) is 23.1 Å². The van der Waals surface area contributed by atoms with Crippen LogP contribution in [0.5, 0.6) is 0 Å². The standard InChI is InChI=1S/C20H17N3O5S2/c24-17-9-8-16(18(25)21-17)23-19(26)14-7-6-13(10-15(14)20(23)29)22-30(27,28)11-12-4-2-1-3-5-12/h1-7,10,16,22H,8-9,11H2,(H,21,24,25). The Balaban J connectivity index is 1.56. The van der Waals surface area contributed by atoms with E-state index in [4.69, 9.17) is 12.2 Å². The van der Waals surface area contributed by atoms with Crippen LogP contribution in [0.15, 0.2) is 48.5 Å². The predicted molar refractivity (Wildman–Crippen MR) is 113 cm³/mol. The molecule has 3 amide bonds. The van der Waals surface area contributed by atoms with Gasteiger partial charge in [0.25, 0.3) is 5.91 Å². The van der Waals surface area contributed by atoms with Gasteiger partial charge >= 0.3 is 0 Å². The van der Waals surface area contributed by atoms with Crippen molar-refractivity contribution in [3.8, 4) is 0 Å². The number of hydrogen-bond acceptors (Lipinski definition) is 6. The van der Waals surface area contributed by atoms with Crippen molar-refractivity contribution in [1.82, 2.24) is 10.2 Å². The first-order valence-electron chi connectivity index (χ1n) is 9.15. The molecule has 154 valence electrons. The third-order valence-electron chi connectivity index (χ3n) is 4.91. The van der Waals surface area contributed by atoms with E-state index < -0.39 is 27.9 Å². The van der Waals surface area contributed by atoms with Gasteiger partial charge in [-0.15, -0.1) is 0 Å². The smallest absolute Gasteiger partial charge is 0.260 e. The van der Waals surface area contributed by atoms with Gasteiger partial charge in [-0.05, 0) is 30.2 Å². The maximum atomic E-state index is 12.8. The summed E-state index contributed by atoms with van der Waals surface area (Å²) in [5, 5.41) is 2.22. The molecule has 1 atom stereocenters. The molecule has 0 radical (unpaired) electrons. The van der Waals surface area contributed by atoms with E-state index in [-0.39, 0.29) is 40.7 Å². The molecular formula is C20H17N3O5S2. The van der Waals surface area contributed by atoms with Crippen molar-refractivity contribution in [1.29, 1.82) is 0 Å². The lowest BCUT2D eigenvalue weighted by Crippen LogP contribution is -2.54. The summed E-state index contributed by atoms with van der Waals surface area (Å²) >= 11 is 5.40. The topological polar surface area (TPSA) is 113 Å². The Hall–Kier alpha value is -3.11. The van der Waals surface area contributed by atoms with Gasteiger partial charge in [0.2, 0.25) is 21.8 Å². The van der Waals surface area contributed by atoms with Crippen LogP contribution in [0.3, 0.4) is 0 Å². The molecule has 30 heavy (non-hydrogen) atoms. The van der Waals surface area contributed by atoms with Gasteiger partial charge in [0.15, 0.2) is 0 Å². The highest BCUT2D eigenvalue weighted by molar-refractivity contribution is 7.91. The second-order valence-corrected chi connectivity index (χ2v) is 9.16. The summed E-state index contributed by atoms with van der Waals surface area (Å²) in [4.78, 5) is 37.7. The summed E-state index contributed by atoms with van der Waals surface area (Å²) in [6.07, 6.45) is 0.296. The third kappa shape index (κ3) is 3.83. The molecule has 2 heterocycles. The summed E-state index contributed by atoms with van der Waals surface area (Å²) in [6.45, 7) is 0. The van der Waals surface area contributed by atoms with Gasteiger partial charge in [-0.1, -0.05) is 42.5 Å². The number of thiocarbonyl (C=S) groups is 1. The Morgan fingerprint density at radius 3 is 2.50 bits per heavy atom. The summed E-state index contributed by atoms with van der Waals surface area (Å²) < 4.78 is 27.5. The number of sulfonamides is 1. The van der Waals surface area contributed by atoms with Crippen molar-refractivity contribution in [3.63, 3.8) is 0 Å². The first kappa shape index (κ1) is 20.2. The Bertz CT molecular complexity index is 1180. The second-order valence-electron chi connectivity index (χ2n) is 7.05. The fourth-order valence-electron chi connectivity index (χ4n) is 3.54. The Morgan fingerprint density at radius 1 is 1.07 bits per heavy atom. The summed E-state index contributed by atoms with van der Waals surface area (Å²) in [6, 6.07) is 12.3. The molecule has 1 saturated heterocycles. The maximum Gasteiger partial charge on any atom is 0.260 e. The zero-order valence-electron chi connectivity index (χ0n) is 15.6. The number of carbonyl (C=O) groups is 3. The molecule has 1 fully saturated rings. The highest BCUT2D eigenvalue weighted by atomic mass is 32.2. The highest BCUT2D eigenvalue weighted by Crippen LogP contribution is 2.30. The molecule has 0 bridgehead atoms. The van der Waals surface area contributed by atoms with Gasteiger partial charge in [-0.2, -0.15) is 0 Å². The molecule has 2 aliphatic heterocycles. The van der Waals surface area contributed by atoms with Gasteiger partial charge in [0, 0.05) is 17.7 Å². The number of rotatable bonds is 5. The molecule has 10 heteroatoms. The molecule has 0 aliphatic carbocycles. The fraction of sp³-hybridized carbons (Fsp3) is 0.200. The number of amides is 3. The molecule has 2 N–H and O–H groups in total. The van der Waals surface area contributed by atoms with E-state index in [1.54, 1.807) is 30.3 Å². The van der Waals surface area contributed by atoms with E-state index in [0.717, 1.165) is 0 Å². The molecule has 0 spiro atoms. The lowest BCUT2D eigenvalue weighted by atomic mass is 10.0. The van der Waals surface area contributed by atoms with Crippen LogP contribution < -0.4 is 10.0 Å². The van der Waals surface area contributed by atoms with Gasteiger partial charge in [-0.25, -0.2) is 8.42 Å². The van der Waals surface area contributed by atoms with E-state index >= 15 is 0 Å². The lowest BCUT2D eigenvalue weighted by molar-refractivity contribution is -0.135. The number of benzene rings is 2. The van der Waals surface area contributed by atoms with Crippen LogP contribution in [0.25, 0.3) is 0 Å². The average Bonchev–Trinajstić information content (AvgIpc) is 2.92. The Labute approximate surface area is 178 Å². The van der Waals surface area contributed by atoms with Crippen LogP contribution in [0.4, 0.5) is 5.69 Å². The minimum absolute atomic E-state index is 0.115. The van der Waals surface area contributed by atoms with Gasteiger partial charge in [0.05, 0.1) is 11.3 Å². The van der Waals surface area contributed by atoms with Crippen molar-refractivity contribution in [2.75, 3.05) is 4.72 Å². The van der Waals surface area contributed by atoms with Crippen LogP contribution in [-0.2, 0) is 25.4 Å². The molecule has 0 aromatic heterocycles. The number of nitrogens with one attached hydrogen (secondary N) is 2. The van der Waals surface area contributed by atoms with Crippen LogP contribution in [0, 0.1) is 0 Å². The normalized spacial score (nSPS) is 18.9. The zero-order valence-corrected chi connectivity index (χ0v) is 17.3. The number of nitrogens with zero attached hydrogens (tertiary/aromatic N) is 1. The predicted octanol–water partition coefficient (Wildman–Crippen LogP) is 1.57.